The van der Waals surface area contributed by atoms with Gasteiger partial charge in [-0.3, -0.25) is 0 Å². The standard InChI is InChI=1S/C20H14Cl2F3N3/c1-12(28-19-15-6-3-7-17(22)18(15)26-11-27-19)4-2-5-13-8-9-14(21)10-16(13)20(23,24)25/h3,6-12H,4H2,1H3,(H,26,27,28). The maximum atomic E-state index is 13.1. The molecule has 3 rings (SSSR count). The molecule has 28 heavy (non-hydrogen) atoms. The van der Waals surface area contributed by atoms with Gasteiger partial charge in [-0.05, 0) is 37.3 Å². The van der Waals surface area contributed by atoms with Gasteiger partial charge in [-0.15, -0.1) is 0 Å². The normalized spacial score (nSPS) is 12.4. The van der Waals surface area contributed by atoms with Crippen LogP contribution in [0.1, 0.15) is 24.5 Å². The van der Waals surface area contributed by atoms with E-state index in [1.165, 1.54) is 18.5 Å². The highest BCUT2D eigenvalue weighted by Crippen LogP contribution is 2.33. The first-order chi connectivity index (χ1) is 13.3. The molecule has 0 amide bonds. The predicted octanol–water partition coefficient (Wildman–Crippen LogP) is 6.20. The van der Waals surface area contributed by atoms with Crippen molar-refractivity contribution in [1.82, 2.24) is 9.97 Å². The minimum Gasteiger partial charge on any atom is -0.366 e. The van der Waals surface area contributed by atoms with Crippen molar-refractivity contribution >= 4 is 39.9 Å². The van der Waals surface area contributed by atoms with Gasteiger partial charge >= 0.3 is 6.18 Å². The van der Waals surface area contributed by atoms with E-state index >= 15 is 0 Å². The molecule has 1 atom stereocenters. The van der Waals surface area contributed by atoms with Crippen molar-refractivity contribution in [3.8, 4) is 11.8 Å². The molecule has 0 aliphatic rings. The second-order valence-corrected chi connectivity index (χ2v) is 6.94. The van der Waals surface area contributed by atoms with Gasteiger partial charge in [0.05, 0.1) is 16.1 Å². The lowest BCUT2D eigenvalue weighted by Gasteiger charge is -2.13. The van der Waals surface area contributed by atoms with Crippen molar-refractivity contribution < 1.29 is 13.2 Å². The van der Waals surface area contributed by atoms with Crippen molar-refractivity contribution in [2.75, 3.05) is 5.32 Å². The number of nitrogens with zero attached hydrogens (tertiary/aromatic N) is 2. The first-order valence-electron chi connectivity index (χ1n) is 8.27. The minimum absolute atomic E-state index is 0.0159. The van der Waals surface area contributed by atoms with Crippen LogP contribution in [0.15, 0.2) is 42.7 Å². The maximum Gasteiger partial charge on any atom is 0.417 e. The second-order valence-electron chi connectivity index (χ2n) is 6.10. The zero-order valence-corrected chi connectivity index (χ0v) is 16.1. The Morgan fingerprint density at radius 2 is 1.93 bits per heavy atom. The zero-order chi connectivity index (χ0) is 20.3. The van der Waals surface area contributed by atoms with Gasteiger partial charge in [0.1, 0.15) is 12.1 Å². The highest BCUT2D eigenvalue weighted by molar-refractivity contribution is 6.35. The Balaban J connectivity index is 1.77. The Labute approximate surface area is 169 Å². The van der Waals surface area contributed by atoms with Gasteiger partial charge in [-0.1, -0.05) is 41.1 Å². The van der Waals surface area contributed by atoms with Gasteiger partial charge in [0.25, 0.3) is 0 Å². The quantitative estimate of drug-likeness (QED) is 0.509. The van der Waals surface area contributed by atoms with Gasteiger partial charge in [0.15, 0.2) is 0 Å². The number of alkyl halides is 3. The number of benzene rings is 2. The Kier molecular flexibility index (Phi) is 5.97. The Morgan fingerprint density at radius 1 is 1.14 bits per heavy atom. The smallest absolute Gasteiger partial charge is 0.366 e. The Hall–Kier alpha value is -2.49. The van der Waals surface area contributed by atoms with Crippen LogP contribution < -0.4 is 5.32 Å². The molecule has 0 aliphatic heterocycles. The molecular formula is C20H14Cl2F3N3. The largest absolute Gasteiger partial charge is 0.417 e. The summed E-state index contributed by atoms with van der Waals surface area (Å²) in [6, 6.07) is 8.75. The highest BCUT2D eigenvalue weighted by Gasteiger charge is 2.33. The van der Waals surface area contributed by atoms with E-state index in [2.05, 4.69) is 27.1 Å². The van der Waals surface area contributed by atoms with E-state index in [0.29, 0.717) is 22.8 Å². The number of halogens is 5. The van der Waals surface area contributed by atoms with E-state index in [4.69, 9.17) is 23.2 Å². The predicted molar refractivity (Wildman–Crippen MR) is 106 cm³/mol. The number of anilines is 1. The number of aromatic nitrogens is 2. The first kappa shape index (κ1) is 20.2. The summed E-state index contributed by atoms with van der Waals surface area (Å²) in [5.41, 5.74) is -0.330. The van der Waals surface area contributed by atoms with E-state index in [0.717, 1.165) is 11.5 Å². The SMILES string of the molecule is CC(CC#Cc1ccc(Cl)cc1C(F)(F)F)Nc1ncnc2c(Cl)cccc12. The van der Waals surface area contributed by atoms with Crippen molar-refractivity contribution in [2.24, 2.45) is 0 Å². The van der Waals surface area contributed by atoms with Crippen LogP contribution in [0.5, 0.6) is 0 Å². The number of fused-ring (bicyclic) bond motifs is 1. The van der Waals surface area contributed by atoms with E-state index in [-0.39, 0.29) is 16.6 Å². The molecule has 1 N–H and O–H groups in total. The summed E-state index contributed by atoms with van der Waals surface area (Å²) >= 11 is 11.8. The summed E-state index contributed by atoms with van der Waals surface area (Å²) in [7, 11) is 0. The summed E-state index contributed by atoms with van der Waals surface area (Å²) < 4.78 is 39.4. The van der Waals surface area contributed by atoms with Gasteiger partial charge in [-0.2, -0.15) is 13.2 Å². The minimum atomic E-state index is -4.52. The van der Waals surface area contributed by atoms with Crippen molar-refractivity contribution in [1.29, 1.82) is 0 Å². The zero-order valence-electron chi connectivity index (χ0n) is 14.6. The fraction of sp³-hybridized carbons (Fsp3) is 0.200. The first-order valence-corrected chi connectivity index (χ1v) is 9.02. The molecule has 0 fully saturated rings. The molecule has 0 saturated carbocycles. The van der Waals surface area contributed by atoms with Crippen LogP contribution in [0, 0.1) is 11.8 Å². The average Bonchev–Trinajstić information content (AvgIpc) is 2.63. The molecule has 8 heteroatoms. The van der Waals surface area contributed by atoms with E-state index in [1.807, 2.05) is 13.0 Å². The molecule has 3 aromatic rings. The molecule has 1 aromatic heterocycles. The monoisotopic (exact) mass is 423 g/mol. The molecule has 0 aliphatic carbocycles. The number of rotatable bonds is 3. The van der Waals surface area contributed by atoms with Crippen LogP contribution in [-0.4, -0.2) is 16.0 Å². The molecule has 0 spiro atoms. The topological polar surface area (TPSA) is 37.8 Å². The van der Waals surface area contributed by atoms with Crippen molar-refractivity contribution in [3.63, 3.8) is 0 Å². The van der Waals surface area contributed by atoms with Gasteiger partial charge < -0.3 is 5.32 Å². The summed E-state index contributed by atoms with van der Waals surface area (Å²) in [6.07, 6.45) is -2.80. The molecular weight excluding hydrogens is 410 g/mol. The van der Waals surface area contributed by atoms with Crippen LogP contribution >= 0.6 is 23.2 Å². The molecule has 1 heterocycles. The van der Waals surface area contributed by atoms with Crippen LogP contribution in [0.4, 0.5) is 19.0 Å². The molecule has 1 unspecified atom stereocenters. The van der Waals surface area contributed by atoms with Crippen LogP contribution in [0.2, 0.25) is 10.0 Å². The van der Waals surface area contributed by atoms with Crippen molar-refractivity contribution in [2.45, 2.75) is 25.6 Å². The van der Waals surface area contributed by atoms with Crippen LogP contribution in [-0.2, 0) is 6.18 Å². The molecule has 144 valence electrons. The molecule has 3 nitrogen and oxygen atoms in total. The lowest BCUT2D eigenvalue weighted by atomic mass is 10.1. The van der Waals surface area contributed by atoms with Crippen LogP contribution in [0.3, 0.4) is 0 Å². The summed E-state index contributed by atoms with van der Waals surface area (Å²) in [6.45, 7) is 1.86. The maximum absolute atomic E-state index is 13.1. The lowest BCUT2D eigenvalue weighted by Crippen LogP contribution is -2.15. The molecule has 0 saturated heterocycles. The van der Waals surface area contributed by atoms with E-state index in [9.17, 15) is 13.2 Å². The number of hydrogen-bond acceptors (Lipinski definition) is 3. The molecule has 0 bridgehead atoms. The number of para-hydroxylation sites is 1. The Morgan fingerprint density at radius 3 is 2.68 bits per heavy atom. The third kappa shape index (κ3) is 4.67. The summed E-state index contributed by atoms with van der Waals surface area (Å²) in [4.78, 5) is 8.38. The van der Waals surface area contributed by atoms with Crippen LogP contribution in [0.25, 0.3) is 10.9 Å². The average molecular weight is 424 g/mol. The fourth-order valence-electron chi connectivity index (χ4n) is 2.61. The highest BCUT2D eigenvalue weighted by atomic mass is 35.5. The third-order valence-corrected chi connectivity index (χ3v) is 4.46. The van der Waals surface area contributed by atoms with Gasteiger partial charge in [0.2, 0.25) is 0 Å². The summed E-state index contributed by atoms with van der Waals surface area (Å²) in [5, 5.41) is 4.48. The summed E-state index contributed by atoms with van der Waals surface area (Å²) in [5.74, 6) is 5.96. The molecule has 2 aromatic carbocycles. The fourth-order valence-corrected chi connectivity index (χ4v) is 3.01. The number of nitrogens with one attached hydrogen (secondary N) is 1. The Bertz CT molecular complexity index is 1070. The third-order valence-electron chi connectivity index (χ3n) is 3.92. The molecule has 0 radical (unpaired) electrons. The van der Waals surface area contributed by atoms with E-state index in [1.54, 1.807) is 12.1 Å². The van der Waals surface area contributed by atoms with Crippen molar-refractivity contribution in [3.05, 3.63) is 63.9 Å². The van der Waals surface area contributed by atoms with Gasteiger partial charge in [0, 0.05) is 28.4 Å². The second kappa shape index (κ2) is 8.26. The number of hydrogen-bond donors (Lipinski definition) is 1. The van der Waals surface area contributed by atoms with E-state index < -0.39 is 11.7 Å². The lowest BCUT2D eigenvalue weighted by molar-refractivity contribution is -0.137. The van der Waals surface area contributed by atoms with Gasteiger partial charge in [-0.25, -0.2) is 9.97 Å².